The van der Waals surface area contributed by atoms with Crippen molar-refractivity contribution < 1.29 is 18.7 Å². The Labute approximate surface area is 152 Å². The van der Waals surface area contributed by atoms with Crippen molar-refractivity contribution in [1.29, 1.82) is 0 Å². The molecule has 130 valence electrons. The number of benzene rings is 2. The number of hydrogen-bond acceptors (Lipinski definition) is 4. The average molecular weight is 408 g/mol. The molecule has 0 spiro atoms. The van der Waals surface area contributed by atoms with Gasteiger partial charge in [-0.3, -0.25) is 9.59 Å². The van der Waals surface area contributed by atoms with Crippen molar-refractivity contribution >= 4 is 39.6 Å². The van der Waals surface area contributed by atoms with Crippen molar-refractivity contribution in [3.63, 3.8) is 0 Å². The Morgan fingerprint density at radius 1 is 1.20 bits per heavy atom. The molecule has 0 aliphatic heterocycles. The lowest BCUT2D eigenvalue weighted by molar-refractivity contribution is -0.136. The van der Waals surface area contributed by atoms with E-state index in [1.54, 1.807) is 18.2 Å². The summed E-state index contributed by atoms with van der Waals surface area (Å²) in [6.45, 7) is 2.40. The molecule has 2 amide bonds. The van der Waals surface area contributed by atoms with Crippen LogP contribution in [0.3, 0.4) is 0 Å². The minimum absolute atomic E-state index is 0.303. The molecular weight excluding hydrogens is 393 g/mol. The smallest absolute Gasteiger partial charge is 0.329 e. The Morgan fingerprint density at radius 2 is 1.92 bits per heavy atom. The summed E-state index contributed by atoms with van der Waals surface area (Å²) < 4.78 is 18.9. The van der Waals surface area contributed by atoms with Gasteiger partial charge in [0.15, 0.2) is 0 Å². The summed E-state index contributed by atoms with van der Waals surface area (Å²) in [7, 11) is 0. The van der Waals surface area contributed by atoms with Gasteiger partial charge in [-0.15, -0.1) is 0 Å². The van der Waals surface area contributed by atoms with E-state index in [4.69, 9.17) is 4.74 Å². The monoisotopic (exact) mass is 407 g/mol. The molecule has 0 aliphatic rings. The minimum atomic E-state index is -0.947. The predicted octanol–water partition coefficient (Wildman–Crippen LogP) is 3.08. The first-order chi connectivity index (χ1) is 12.0. The summed E-state index contributed by atoms with van der Waals surface area (Å²) in [6, 6.07) is 10.4. The van der Waals surface area contributed by atoms with Gasteiger partial charge in [0.2, 0.25) is 0 Å². The molecule has 0 bridgehead atoms. The number of nitrogens with zero attached hydrogens (tertiary/aromatic N) is 1. The van der Waals surface area contributed by atoms with Crippen molar-refractivity contribution in [2.75, 3.05) is 11.9 Å². The first-order valence-electron chi connectivity index (χ1n) is 7.32. The fourth-order valence-electron chi connectivity index (χ4n) is 1.81. The third-order valence-electron chi connectivity index (χ3n) is 2.96. The molecule has 0 aromatic heterocycles. The second-order valence-corrected chi connectivity index (χ2v) is 5.63. The molecule has 25 heavy (non-hydrogen) atoms. The molecule has 2 aromatic rings. The number of halogens is 2. The van der Waals surface area contributed by atoms with Gasteiger partial charge >= 0.3 is 11.8 Å². The Bertz CT molecular complexity index is 794. The van der Waals surface area contributed by atoms with Crippen LogP contribution in [0.2, 0.25) is 0 Å². The summed E-state index contributed by atoms with van der Waals surface area (Å²) in [5, 5.41) is 6.08. The number of ether oxygens (including phenoxy) is 1. The number of anilines is 1. The number of nitrogens with one attached hydrogen (secondary N) is 2. The summed E-state index contributed by atoms with van der Waals surface area (Å²) in [5.41, 5.74) is 3.10. The predicted molar refractivity (Wildman–Crippen MR) is 96.1 cm³/mol. The van der Waals surface area contributed by atoms with Crippen LogP contribution < -0.4 is 15.5 Å². The van der Waals surface area contributed by atoms with Crippen molar-refractivity contribution in [3.05, 3.63) is 58.3 Å². The Morgan fingerprint density at radius 3 is 2.60 bits per heavy atom. The fourth-order valence-corrected chi connectivity index (χ4v) is 2.16. The molecule has 6 nitrogen and oxygen atoms in total. The average Bonchev–Trinajstić information content (AvgIpc) is 2.59. The van der Waals surface area contributed by atoms with E-state index in [9.17, 15) is 14.0 Å². The van der Waals surface area contributed by atoms with Gasteiger partial charge in [0, 0.05) is 15.7 Å². The van der Waals surface area contributed by atoms with Gasteiger partial charge in [0.25, 0.3) is 0 Å². The van der Waals surface area contributed by atoms with Crippen molar-refractivity contribution in [2.24, 2.45) is 5.10 Å². The van der Waals surface area contributed by atoms with Crippen LogP contribution in [-0.4, -0.2) is 24.6 Å². The van der Waals surface area contributed by atoms with E-state index in [-0.39, 0.29) is 0 Å². The minimum Gasteiger partial charge on any atom is -0.494 e. The Hall–Kier alpha value is -2.74. The summed E-state index contributed by atoms with van der Waals surface area (Å²) in [4.78, 5) is 23.4. The van der Waals surface area contributed by atoms with Crippen molar-refractivity contribution in [3.8, 4) is 5.75 Å². The third kappa shape index (κ3) is 5.68. The van der Waals surface area contributed by atoms with Crippen LogP contribution in [0.1, 0.15) is 12.5 Å². The highest BCUT2D eigenvalue weighted by Gasteiger charge is 2.12. The first kappa shape index (κ1) is 18.6. The van der Waals surface area contributed by atoms with Crippen LogP contribution in [0.25, 0.3) is 0 Å². The highest BCUT2D eigenvalue weighted by atomic mass is 79.9. The van der Waals surface area contributed by atoms with Crippen LogP contribution in [0.15, 0.2) is 52.0 Å². The molecule has 0 saturated heterocycles. The second-order valence-electron chi connectivity index (χ2n) is 4.78. The van der Waals surface area contributed by atoms with Crippen LogP contribution in [0.4, 0.5) is 10.1 Å². The summed E-state index contributed by atoms with van der Waals surface area (Å²) in [5.74, 6) is -1.64. The van der Waals surface area contributed by atoms with E-state index in [1.165, 1.54) is 30.5 Å². The number of rotatable bonds is 5. The van der Waals surface area contributed by atoms with Crippen molar-refractivity contribution in [1.82, 2.24) is 5.43 Å². The van der Waals surface area contributed by atoms with Gasteiger partial charge < -0.3 is 10.1 Å². The lowest BCUT2D eigenvalue weighted by atomic mass is 10.2. The molecule has 0 unspecified atom stereocenters. The second kappa shape index (κ2) is 8.93. The SMILES string of the molecule is CCOc1ccc(Br)c(C=NNC(=O)C(=O)Nc2ccc(F)cc2)c1. The Kier molecular flexibility index (Phi) is 6.64. The van der Waals surface area contributed by atoms with Crippen molar-refractivity contribution in [2.45, 2.75) is 6.92 Å². The fraction of sp³-hybridized carbons (Fsp3) is 0.118. The maximum Gasteiger partial charge on any atom is 0.329 e. The van der Waals surface area contributed by atoms with E-state index < -0.39 is 17.6 Å². The van der Waals surface area contributed by atoms with E-state index in [1.807, 2.05) is 6.92 Å². The molecule has 0 atom stereocenters. The largest absolute Gasteiger partial charge is 0.494 e. The number of carbonyl (C=O) groups excluding carboxylic acids is 2. The van der Waals surface area contributed by atoms with E-state index >= 15 is 0 Å². The lowest BCUT2D eigenvalue weighted by Crippen LogP contribution is -2.32. The van der Waals surface area contributed by atoms with Crippen LogP contribution in [0.5, 0.6) is 5.75 Å². The standard InChI is InChI=1S/C17H15BrFN3O3/c1-2-25-14-7-8-15(18)11(9-14)10-20-22-17(24)16(23)21-13-5-3-12(19)4-6-13/h3-10H,2H2,1H3,(H,21,23)(H,22,24). The lowest BCUT2D eigenvalue weighted by Gasteiger charge is -2.05. The zero-order chi connectivity index (χ0) is 18.2. The topological polar surface area (TPSA) is 79.8 Å². The highest BCUT2D eigenvalue weighted by molar-refractivity contribution is 9.10. The highest BCUT2D eigenvalue weighted by Crippen LogP contribution is 2.21. The van der Waals surface area contributed by atoms with E-state index in [0.717, 1.165) is 4.47 Å². The summed E-state index contributed by atoms with van der Waals surface area (Å²) in [6.07, 6.45) is 1.38. The van der Waals surface area contributed by atoms with Gasteiger partial charge in [-0.2, -0.15) is 5.10 Å². The maximum absolute atomic E-state index is 12.8. The van der Waals surface area contributed by atoms with Crippen LogP contribution in [0, 0.1) is 5.82 Å². The number of carbonyl (C=O) groups is 2. The van der Waals surface area contributed by atoms with Crippen LogP contribution >= 0.6 is 15.9 Å². The maximum atomic E-state index is 12.8. The van der Waals surface area contributed by atoms with Gasteiger partial charge in [-0.05, 0) is 49.4 Å². The number of hydrazone groups is 1. The number of hydrogen-bond donors (Lipinski definition) is 2. The summed E-state index contributed by atoms with van der Waals surface area (Å²) >= 11 is 3.36. The van der Waals surface area contributed by atoms with Gasteiger partial charge in [-0.25, -0.2) is 9.82 Å². The third-order valence-corrected chi connectivity index (χ3v) is 3.68. The molecule has 2 N–H and O–H groups in total. The first-order valence-corrected chi connectivity index (χ1v) is 8.11. The zero-order valence-corrected chi connectivity index (χ0v) is 14.8. The zero-order valence-electron chi connectivity index (χ0n) is 13.3. The van der Waals surface area contributed by atoms with Crippen LogP contribution in [-0.2, 0) is 9.59 Å². The molecule has 0 fully saturated rings. The van der Waals surface area contributed by atoms with E-state index in [0.29, 0.717) is 23.6 Å². The molecule has 2 aromatic carbocycles. The molecule has 0 aliphatic carbocycles. The Balaban J connectivity index is 1.94. The molecule has 8 heteroatoms. The van der Waals surface area contributed by atoms with Gasteiger partial charge in [0.1, 0.15) is 11.6 Å². The van der Waals surface area contributed by atoms with Gasteiger partial charge in [0.05, 0.1) is 12.8 Å². The van der Waals surface area contributed by atoms with Gasteiger partial charge in [-0.1, -0.05) is 15.9 Å². The number of amides is 2. The van der Waals surface area contributed by atoms with E-state index in [2.05, 4.69) is 31.8 Å². The molecular formula is C17H15BrFN3O3. The molecule has 0 saturated carbocycles. The molecule has 0 heterocycles. The quantitative estimate of drug-likeness (QED) is 0.454. The molecule has 2 rings (SSSR count). The normalized spacial score (nSPS) is 10.5. The molecule has 0 radical (unpaired) electrons.